The fourth-order valence-electron chi connectivity index (χ4n) is 2.61. The van der Waals surface area contributed by atoms with E-state index in [1.54, 1.807) is 7.11 Å². The molecule has 0 aliphatic carbocycles. The van der Waals surface area contributed by atoms with Gasteiger partial charge in [0.25, 0.3) is 0 Å². The van der Waals surface area contributed by atoms with Crippen LogP contribution in [-0.2, 0) is 24.4 Å². The number of benzene rings is 2. The number of halogens is 1. The quantitative estimate of drug-likeness (QED) is 0.916. The molecule has 0 bridgehead atoms. The van der Waals surface area contributed by atoms with Crippen molar-refractivity contribution in [1.82, 2.24) is 0 Å². The molecule has 4 heteroatoms. The average molecular weight is 348 g/mol. The molecule has 1 atom stereocenters. The van der Waals surface area contributed by atoms with Gasteiger partial charge in [0.15, 0.2) is 0 Å². The first kappa shape index (κ1) is 14.6. The Morgan fingerprint density at radius 3 is 2.81 bits per heavy atom. The highest BCUT2D eigenvalue weighted by Gasteiger charge is 2.15. The van der Waals surface area contributed by atoms with Crippen molar-refractivity contribution in [1.29, 1.82) is 0 Å². The van der Waals surface area contributed by atoms with Gasteiger partial charge in [-0.1, -0.05) is 34.1 Å². The summed E-state index contributed by atoms with van der Waals surface area (Å²) in [5.41, 5.74) is 11.2. The van der Waals surface area contributed by atoms with Gasteiger partial charge in [-0.25, -0.2) is 0 Å². The summed E-state index contributed by atoms with van der Waals surface area (Å²) in [7, 11) is 1.67. The van der Waals surface area contributed by atoms with Gasteiger partial charge in [-0.05, 0) is 46.9 Å². The van der Waals surface area contributed by atoms with E-state index in [0.717, 1.165) is 27.8 Å². The summed E-state index contributed by atoms with van der Waals surface area (Å²) in [5.74, 6) is 0.850. The lowest BCUT2D eigenvalue weighted by Gasteiger charge is -2.15. The van der Waals surface area contributed by atoms with Crippen LogP contribution < -0.4 is 10.5 Å². The Kier molecular flexibility index (Phi) is 4.29. The van der Waals surface area contributed by atoms with Crippen LogP contribution in [0.1, 0.15) is 28.3 Å². The van der Waals surface area contributed by atoms with Crippen molar-refractivity contribution < 1.29 is 9.47 Å². The molecule has 0 spiro atoms. The number of methoxy groups -OCH3 is 1. The number of nitrogens with two attached hydrogens (primary N) is 1. The Bertz CT molecular complexity index is 657. The van der Waals surface area contributed by atoms with Crippen molar-refractivity contribution in [2.75, 3.05) is 7.11 Å². The van der Waals surface area contributed by atoms with E-state index >= 15 is 0 Å². The van der Waals surface area contributed by atoms with Crippen LogP contribution in [0.2, 0.25) is 0 Å². The summed E-state index contributed by atoms with van der Waals surface area (Å²) >= 11 is 3.58. The van der Waals surface area contributed by atoms with Gasteiger partial charge in [0.2, 0.25) is 0 Å². The molecular formula is C17H18BrNO2. The molecule has 1 unspecified atom stereocenters. The monoisotopic (exact) mass is 347 g/mol. The molecule has 2 N–H and O–H groups in total. The zero-order chi connectivity index (χ0) is 14.8. The van der Waals surface area contributed by atoms with Crippen LogP contribution in [0.5, 0.6) is 5.75 Å². The lowest BCUT2D eigenvalue weighted by Crippen LogP contribution is -2.14. The largest absolute Gasteiger partial charge is 0.497 e. The third kappa shape index (κ3) is 3.12. The number of fused-ring (bicyclic) bond motifs is 1. The minimum atomic E-state index is -0.0423. The van der Waals surface area contributed by atoms with Gasteiger partial charge in [0.1, 0.15) is 5.75 Å². The van der Waals surface area contributed by atoms with E-state index in [9.17, 15) is 0 Å². The van der Waals surface area contributed by atoms with Crippen molar-refractivity contribution in [3.05, 3.63) is 63.1 Å². The van der Waals surface area contributed by atoms with Gasteiger partial charge in [-0.3, -0.25) is 0 Å². The maximum atomic E-state index is 6.38. The molecule has 21 heavy (non-hydrogen) atoms. The molecule has 2 aromatic carbocycles. The summed E-state index contributed by atoms with van der Waals surface area (Å²) in [5, 5.41) is 0. The number of hydrogen-bond donors (Lipinski definition) is 1. The van der Waals surface area contributed by atoms with Crippen LogP contribution >= 0.6 is 15.9 Å². The number of rotatable bonds is 4. The Morgan fingerprint density at radius 1 is 1.19 bits per heavy atom. The summed E-state index contributed by atoms with van der Waals surface area (Å²) in [6.45, 7) is 1.41. The van der Waals surface area contributed by atoms with Gasteiger partial charge in [0, 0.05) is 10.5 Å². The average Bonchev–Trinajstić information content (AvgIpc) is 2.96. The highest BCUT2D eigenvalue weighted by molar-refractivity contribution is 9.10. The molecule has 0 saturated heterocycles. The maximum Gasteiger partial charge on any atom is 0.119 e. The zero-order valence-corrected chi connectivity index (χ0v) is 13.5. The van der Waals surface area contributed by atoms with E-state index in [1.165, 1.54) is 11.1 Å². The summed E-state index contributed by atoms with van der Waals surface area (Å²) in [6.07, 6.45) is 0.761. The van der Waals surface area contributed by atoms with Crippen molar-refractivity contribution in [2.24, 2.45) is 5.73 Å². The van der Waals surface area contributed by atoms with Crippen LogP contribution in [0.4, 0.5) is 0 Å². The van der Waals surface area contributed by atoms with Crippen molar-refractivity contribution >= 4 is 15.9 Å². The summed E-state index contributed by atoms with van der Waals surface area (Å²) < 4.78 is 11.8. The first-order valence-electron chi connectivity index (χ1n) is 6.95. The number of hydrogen-bond acceptors (Lipinski definition) is 3. The molecule has 1 aliphatic rings. The van der Waals surface area contributed by atoms with E-state index in [1.807, 2.05) is 18.2 Å². The van der Waals surface area contributed by atoms with Crippen molar-refractivity contribution in [3.63, 3.8) is 0 Å². The zero-order valence-electron chi connectivity index (χ0n) is 11.9. The third-order valence-electron chi connectivity index (χ3n) is 3.87. The molecule has 3 rings (SSSR count). The van der Waals surface area contributed by atoms with E-state index in [0.29, 0.717) is 13.2 Å². The first-order chi connectivity index (χ1) is 10.2. The van der Waals surface area contributed by atoms with E-state index in [-0.39, 0.29) is 6.04 Å². The molecule has 1 aliphatic heterocycles. The highest BCUT2D eigenvalue weighted by atomic mass is 79.9. The van der Waals surface area contributed by atoms with Crippen LogP contribution in [0.15, 0.2) is 40.9 Å². The summed E-state index contributed by atoms with van der Waals surface area (Å²) in [4.78, 5) is 0. The lowest BCUT2D eigenvalue weighted by atomic mass is 9.96. The molecule has 3 nitrogen and oxygen atoms in total. The van der Waals surface area contributed by atoms with Crippen molar-refractivity contribution in [2.45, 2.75) is 25.7 Å². The third-order valence-corrected chi connectivity index (χ3v) is 4.64. The van der Waals surface area contributed by atoms with E-state index in [4.69, 9.17) is 15.2 Å². The smallest absolute Gasteiger partial charge is 0.119 e. The number of ether oxygens (including phenoxy) is 2. The van der Waals surface area contributed by atoms with Gasteiger partial charge < -0.3 is 15.2 Å². The van der Waals surface area contributed by atoms with Crippen LogP contribution in [0.3, 0.4) is 0 Å². The summed E-state index contributed by atoms with van der Waals surface area (Å²) in [6, 6.07) is 12.3. The van der Waals surface area contributed by atoms with Crippen LogP contribution in [-0.4, -0.2) is 7.11 Å². The van der Waals surface area contributed by atoms with Crippen molar-refractivity contribution in [3.8, 4) is 5.75 Å². The molecular weight excluding hydrogens is 330 g/mol. The Hall–Kier alpha value is -1.36. The Labute approximate surface area is 133 Å². The molecule has 0 fully saturated rings. The van der Waals surface area contributed by atoms with Crippen LogP contribution in [0, 0.1) is 0 Å². The van der Waals surface area contributed by atoms with Gasteiger partial charge in [-0.15, -0.1) is 0 Å². The van der Waals surface area contributed by atoms with Gasteiger partial charge >= 0.3 is 0 Å². The second-order valence-electron chi connectivity index (χ2n) is 5.29. The fourth-order valence-corrected chi connectivity index (χ4v) is 3.02. The van der Waals surface area contributed by atoms with Crippen LogP contribution in [0.25, 0.3) is 0 Å². The SMILES string of the molecule is COc1ccc(Br)c(CC(N)c2ccc3c(c2)COC3)c1. The molecule has 0 amide bonds. The fraction of sp³-hybridized carbons (Fsp3) is 0.294. The predicted octanol–water partition coefficient (Wildman–Crippen LogP) is 3.73. The topological polar surface area (TPSA) is 44.5 Å². The normalized spacial score (nSPS) is 14.8. The first-order valence-corrected chi connectivity index (χ1v) is 7.74. The molecule has 2 aromatic rings. The molecule has 0 saturated carbocycles. The Morgan fingerprint density at radius 2 is 2.00 bits per heavy atom. The minimum Gasteiger partial charge on any atom is -0.497 e. The minimum absolute atomic E-state index is 0.0423. The molecule has 0 radical (unpaired) electrons. The van der Waals surface area contributed by atoms with Gasteiger partial charge in [-0.2, -0.15) is 0 Å². The lowest BCUT2D eigenvalue weighted by molar-refractivity contribution is 0.134. The molecule has 110 valence electrons. The molecule has 1 heterocycles. The Balaban J connectivity index is 1.81. The maximum absolute atomic E-state index is 6.38. The molecule has 0 aromatic heterocycles. The van der Waals surface area contributed by atoms with E-state index < -0.39 is 0 Å². The second-order valence-corrected chi connectivity index (χ2v) is 6.14. The standard InChI is InChI=1S/C17H18BrNO2/c1-20-15-4-5-16(18)13(7-15)8-17(19)11-2-3-12-9-21-10-14(12)6-11/h2-7,17H,8-10,19H2,1H3. The van der Waals surface area contributed by atoms with Gasteiger partial charge in [0.05, 0.1) is 20.3 Å². The second kappa shape index (κ2) is 6.18. The highest BCUT2D eigenvalue weighted by Crippen LogP contribution is 2.28. The van der Waals surface area contributed by atoms with E-state index in [2.05, 4.69) is 34.1 Å². The predicted molar refractivity (Wildman–Crippen MR) is 86.3 cm³/mol.